The second-order valence-electron chi connectivity index (χ2n) is 4.15. The lowest BCUT2D eigenvalue weighted by molar-refractivity contribution is 0.0467. The minimum Gasteiger partial charge on any atom is -0.457 e. The van der Waals surface area contributed by atoms with E-state index in [-0.39, 0.29) is 12.2 Å². The van der Waals surface area contributed by atoms with Crippen molar-refractivity contribution in [2.45, 2.75) is 13.5 Å². The molecule has 0 aliphatic rings. The molecule has 0 atom stereocenters. The Labute approximate surface area is 115 Å². The molecule has 19 heavy (non-hydrogen) atoms. The quantitative estimate of drug-likeness (QED) is 0.789. The van der Waals surface area contributed by atoms with Crippen LogP contribution in [0.3, 0.4) is 0 Å². The van der Waals surface area contributed by atoms with Crippen LogP contribution < -0.4 is 0 Å². The van der Waals surface area contributed by atoms with Crippen LogP contribution in [0.4, 0.5) is 4.39 Å². The molecule has 0 aliphatic carbocycles. The van der Waals surface area contributed by atoms with E-state index < -0.39 is 11.8 Å². The fraction of sp³-hybridized carbons (Fsp3) is 0.133. The van der Waals surface area contributed by atoms with E-state index in [2.05, 4.69) is 0 Å². The maximum absolute atomic E-state index is 13.6. The van der Waals surface area contributed by atoms with Gasteiger partial charge in [-0.3, -0.25) is 0 Å². The highest BCUT2D eigenvalue weighted by Crippen LogP contribution is 2.17. The maximum atomic E-state index is 13.6. The number of ether oxygens (including phenoxy) is 1. The monoisotopic (exact) mass is 278 g/mol. The lowest BCUT2D eigenvalue weighted by Gasteiger charge is -2.07. The third kappa shape index (κ3) is 3.32. The average Bonchev–Trinajstić information content (AvgIpc) is 2.37. The number of hydrogen-bond donors (Lipinski definition) is 0. The minimum absolute atomic E-state index is 0.0197. The van der Waals surface area contributed by atoms with Gasteiger partial charge < -0.3 is 4.74 Å². The van der Waals surface area contributed by atoms with Gasteiger partial charge in [-0.1, -0.05) is 35.9 Å². The average molecular weight is 279 g/mol. The Morgan fingerprint density at radius 3 is 2.68 bits per heavy atom. The maximum Gasteiger partial charge on any atom is 0.341 e. The minimum atomic E-state index is -0.697. The number of benzene rings is 2. The van der Waals surface area contributed by atoms with E-state index in [1.165, 1.54) is 12.1 Å². The summed E-state index contributed by atoms with van der Waals surface area (Å²) in [5.74, 6) is -1.28. The van der Waals surface area contributed by atoms with Crippen molar-refractivity contribution in [3.05, 3.63) is 70.0 Å². The van der Waals surface area contributed by atoms with E-state index in [1.807, 2.05) is 0 Å². The first-order valence-corrected chi connectivity index (χ1v) is 6.12. The molecule has 0 spiro atoms. The van der Waals surface area contributed by atoms with Gasteiger partial charge in [-0.25, -0.2) is 9.18 Å². The second kappa shape index (κ2) is 5.85. The highest BCUT2D eigenvalue weighted by Gasteiger charge is 2.13. The molecule has 0 N–H and O–H groups in total. The largest absolute Gasteiger partial charge is 0.457 e. The van der Waals surface area contributed by atoms with Crippen molar-refractivity contribution in [1.29, 1.82) is 0 Å². The molecule has 2 aromatic carbocycles. The SMILES string of the molecule is Cc1ccc(C(=O)OCc2ccccc2Cl)c(F)c1. The summed E-state index contributed by atoms with van der Waals surface area (Å²) in [5, 5.41) is 0.514. The third-order valence-corrected chi connectivity index (χ3v) is 3.03. The van der Waals surface area contributed by atoms with Gasteiger partial charge in [0, 0.05) is 10.6 Å². The Hall–Kier alpha value is -1.87. The van der Waals surface area contributed by atoms with Gasteiger partial charge in [-0.05, 0) is 30.7 Å². The Kier molecular flexibility index (Phi) is 4.17. The highest BCUT2D eigenvalue weighted by atomic mass is 35.5. The number of rotatable bonds is 3. The van der Waals surface area contributed by atoms with E-state index in [0.717, 1.165) is 5.56 Å². The van der Waals surface area contributed by atoms with Crippen LogP contribution in [0.2, 0.25) is 5.02 Å². The first-order valence-electron chi connectivity index (χ1n) is 5.74. The molecule has 0 aliphatic heterocycles. The summed E-state index contributed by atoms with van der Waals surface area (Å²) in [4.78, 5) is 11.8. The Morgan fingerprint density at radius 2 is 2.00 bits per heavy atom. The summed E-state index contributed by atoms with van der Waals surface area (Å²) in [5.41, 5.74) is 1.36. The van der Waals surface area contributed by atoms with E-state index in [1.54, 1.807) is 37.3 Å². The number of carbonyl (C=O) groups excluding carboxylic acids is 1. The van der Waals surface area contributed by atoms with Gasteiger partial charge in [-0.15, -0.1) is 0 Å². The van der Waals surface area contributed by atoms with Crippen LogP contribution >= 0.6 is 11.6 Å². The van der Waals surface area contributed by atoms with Crippen molar-refractivity contribution < 1.29 is 13.9 Å². The number of carbonyl (C=O) groups is 1. The standard InChI is InChI=1S/C15H12ClFO2/c1-10-6-7-12(14(17)8-10)15(18)19-9-11-4-2-3-5-13(11)16/h2-8H,9H2,1H3. The number of aryl methyl sites for hydroxylation is 1. The van der Waals surface area contributed by atoms with E-state index in [4.69, 9.17) is 16.3 Å². The van der Waals surface area contributed by atoms with Gasteiger partial charge in [0.05, 0.1) is 5.56 Å². The smallest absolute Gasteiger partial charge is 0.341 e. The fourth-order valence-corrected chi connectivity index (χ4v) is 1.81. The molecule has 4 heteroatoms. The van der Waals surface area contributed by atoms with E-state index in [0.29, 0.717) is 10.6 Å². The normalized spacial score (nSPS) is 10.3. The van der Waals surface area contributed by atoms with Crippen LogP contribution in [-0.2, 0) is 11.3 Å². The van der Waals surface area contributed by atoms with Crippen LogP contribution in [0.1, 0.15) is 21.5 Å². The lowest BCUT2D eigenvalue weighted by atomic mass is 10.1. The predicted molar refractivity (Wildman–Crippen MR) is 71.7 cm³/mol. The zero-order chi connectivity index (χ0) is 13.8. The van der Waals surface area contributed by atoms with Crippen molar-refractivity contribution in [2.24, 2.45) is 0 Å². The summed E-state index contributed by atoms with van der Waals surface area (Å²) < 4.78 is 18.6. The Balaban J connectivity index is 2.08. The summed E-state index contributed by atoms with van der Waals surface area (Å²) >= 11 is 5.94. The van der Waals surface area contributed by atoms with Crippen LogP contribution in [0.15, 0.2) is 42.5 Å². The molecule has 98 valence electrons. The summed E-state index contributed by atoms with van der Waals surface area (Å²) in [7, 11) is 0. The molecule has 2 rings (SSSR count). The van der Waals surface area contributed by atoms with Crippen LogP contribution in [-0.4, -0.2) is 5.97 Å². The first kappa shape index (κ1) is 13.6. The summed E-state index contributed by atoms with van der Waals surface area (Å²) in [6, 6.07) is 11.4. The summed E-state index contributed by atoms with van der Waals surface area (Å²) in [6.07, 6.45) is 0. The van der Waals surface area contributed by atoms with Crippen molar-refractivity contribution in [3.8, 4) is 0 Å². The molecule has 0 saturated heterocycles. The molecule has 0 unspecified atom stereocenters. The van der Waals surface area contributed by atoms with Crippen LogP contribution in [0.25, 0.3) is 0 Å². The molecule has 0 radical (unpaired) electrons. The first-order chi connectivity index (χ1) is 9.08. The Morgan fingerprint density at radius 1 is 1.26 bits per heavy atom. The highest BCUT2D eigenvalue weighted by molar-refractivity contribution is 6.31. The lowest BCUT2D eigenvalue weighted by Crippen LogP contribution is -2.08. The molecular weight excluding hydrogens is 267 g/mol. The number of hydrogen-bond acceptors (Lipinski definition) is 2. The molecule has 2 aromatic rings. The van der Waals surface area contributed by atoms with Crippen LogP contribution in [0.5, 0.6) is 0 Å². The Bertz CT molecular complexity index is 611. The number of esters is 1. The van der Waals surface area contributed by atoms with Crippen molar-refractivity contribution >= 4 is 17.6 Å². The molecule has 0 saturated carbocycles. The molecule has 2 nitrogen and oxygen atoms in total. The van der Waals surface area contributed by atoms with Crippen molar-refractivity contribution in [1.82, 2.24) is 0 Å². The predicted octanol–water partition coefficient (Wildman–Crippen LogP) is 4.14. The zero-order valence-corrected chi connectivity index (χ0v) is 11.1. The van der Waals surface area contributed by atoms with E-state index in [9.17, 15) is 9.18 Å². The van der Waals surface area contributed by atoms with Gasteiger partial charge in [0.2, 0.25) is 0 Å². The summed E-state index contributed by atoms with van der Waals surface area (Å²) in [6.45, 7) is 1.77. The van der Waals surface area contributed by atoms with Gasteiger partial charge in [0.1, 0.15) is 12.4 Å². The van der Waals surface area contributed by atoms with Gasteiger partial charge >= 0.3 is 5.97 Å². The topological polar surface area (TPSA) is 26.3 Å². The van der Waals surface area contributed by atoms with Crippen molar-refractivity contribution in [3.63, 3.8) is 0 Å². The molecule has 0 amide bonds. The third-order valence-electron chi connectivity index (χ3n) is 2.66. The van der Waals surface area contributed by atoms with Crippen LogP contribution in [0, 0.1) is 12.7 Å². The zero-order valence-electron chi connectivity index (χ0n) is 10.3. The molecule has 0 bridgehead atoms. The second-order valence-corrected chi connectivity index (χ2v) is 4.56. The number of halogens is 2. The van der Waals surface area contributed by atoms with Gasteiger partial charge in [-0.2, -0.15) is 0 Å². The van der Waals surface area contributed by atoms with Crippen molar-refractivity contribution in [2.75, 3.05) is 0 Å². The van der Waals surface area contributed by atoms with E-state index >= 15 is 0 Å². The fourth-order valence-electron chi connectivity index (χ4n) is 1.62. The molecule has 0 heterocycles. The van der Waals surface area contributed by atoms with Gasteiger partial charge in [0.15, 0.2) is 0 Å². The molecule has 0 fully saturated rings. The molecule has 0 aromatic heterocycles. The molecular formula is C15H12ClFO2. The van der Waals surface area contributed by atoms with Gasteiger partial charge in [0.25, 0.3) is 0 Å².